The first kappa shape index (κ1) is 14.6. The maximum absolute atomic E-state index is 11.7. The van der Waals surface area contributed by atoms with Gasteiger partial charge in [-0.05, 0) is 54.9 Å². The number of hydrogen-bond donors (Lipinski definition) is 1. The number of fused-ring (bicyclic) bond motifs is 1. The number of carbonyl (C=O) groups is 1. The number of esters is 1. The molecule has 0 spiro atoms. The summed E-state index contributed by atoms with van der Waals surface area (Å²) in [5, 5.41) is 10.0. The molecule has 5 atom stereocenters. The smallest absolute Gasteiger partial charge is 0.308 e. The highest BCUT2D eigenvalue weighted by molar-refractivity contribution is 5.72. The van der Waals surface area contributed by atoms with E-state index in [-0.39, 0.29) is 23.4 Å². The van der Waals surface area contributed by atoms with Gasteiger partial charge in [0, 0.05) is 0 Å². The monoisotopic (exact) mass is 266 g/mol. The van der Waals surface area contributed by atoms with E-state index in [9.17, 15) is 9.90 Å². The molecule has 3 nitrogen and oxygen atoms in total. The third-order valence-electron chi connectivity index (χ3n) is 5.61. The van der Waals surface area contributed by atoms with Crippen LogP contribution in [0.4, 0.5) is 0 Å². The normalized spacial score (nSPS) is 40.4. The quantitative estimate of drug-likeness (QED) is 0.617. The van der Waals surface area contributed by atoms with Crippen molar-refractivity contribution in [3.8, 4) is 0 Å². The third kappa shape index (κ3) is 2.58. The molecule has 2 rings (SSSR count). The Morgan fingerprint density at radius 1 is 1.47 bits per heavy atom. The summed E-state index contributed by atoms with van der Waals surface area (Å²) in [6, 6.07) is 0. The average molecular weight is 266 g/mol. The highest BCUT2D eigenvalue weighted by atomic mass is 16.5. The van der Waals surface area contributed by atoms with E-state index in [0.717, 1.165) is 37.7 Å². The summed E-state index contributed by atoms with van der Waals surface area (Å²) in [7, 11) is 1.45. The molecule has 0 aromatic rings. The lowest BCUT2D eigenvalue weighted by molar-refractivity contribution is -0.148. The van der Waals surface area contributed by atoms with E-state index < -0.39 is 0 Å². The van der Waals surface area contributed by atoms with Crippen LogP contribution in [-0.2, 0) is 9.53 Å². The predicted molar refractivity (Wildman–Crippen MR) is 74.5 cm³/mol. The van der Waals surface area contributed by atoms with E-state index in [1.165, 1.54) is 7.11 Å². The molecule has 5 unspecified atom stereocenters. The summed E-state index contributed by atoms with van der Waals surface area (Å²) in [5.41, 5.74) is 1.25. The Morgan fingerprint density at radius 3 is 2.74 bits per heavy atom. The van der Waals surface area contributed by atoms with Crippen molar-refractivity contribution < 1.29 is 14.6 Å². The fraction of sp³-hybridized carbons (Fsp3) is 0.812. The van der Waals surface area contributed by atoms with Crippen LogP contribution in [0.15, 0.2) is 12.2 Å². The fourth-order valence-electron chi connectivity index (χ4n) is 4.01. The number of rotatable bonds is 2. The van der Waals surface area contributed by atoms with Crippen LogP contribution in [0.5, 0.6) is 0 Å². The summed E-state index contributed by atoms with van der Waals surface area (Å²) in [5.74, 6) is 0.534. The van der Waals surface area contributed by atoms with E-state index in [1.54, 1.807) is 0 Å². The van der Waals surface area contributed by atoms with Gasteiger partial charge in [-0.2, -0.15) is 0 Å². The van der Waals surface area contributed by atoms with Crippen molar-refractivity contribution in [3.05, 3.63) is 12.2 Å². The van der Waals surface area contributed by atoms with Crippen molar-refractivity contribution in [2.75, 3.05) is 7.11 Å². The van der Waals surface area contributed by atoms with Gasteiger partial charge in [-0.1, -0.05) is 20.4 Å². The lowest BCUT2D eigenvalue weighted by atomic mass is 9.55. The molecule has 2 aliphatic rings. The zero-order valence-corrected chi connectivity index (χ0v) is 12.3. The molecule has 0 aromatic carbocycles. The van der Waals surface area contributed by atoms with E-state index in [2.05, 4.69) is 13.5 Å². The van der Waals surface area contributed by atoms with E-state index in [4.69, 9.17) is 4.74 Å². The molecule has 0 radical (unpaired) electrons. The first-order valence-electron chi connectivity index (χ1n) is 7.33. The Morgan fingerprint density at radius 2 is 2.11 bits per heavy atom. The molecule has 0 amide bonds. The first-order chi connectivity index (χ1) is 8.89. The zero-order valence-electron chi connectivity index (χ0n) is 12.3. The molecule has 0 saturated heterocycles. The lowest BCUT2D eigenvalue weighted by Crippen LogP contribution is -2.44. The number of carbonyl (C=O) groups excluding carboxylic acids is 1. The molecular weight excluding hydrogens is 240 g/mol. The molecule has 3 heteroatoms. The summed E-state index contributed by atoms with van der Waals surface area (Å²) in [4.78, 5) is 11.7. The predicted octanol–water partition coefficient (Wildman–Crippen LogP) is 2.93. The minimum atomic E-state index is -0.356. The van der Waals surface area contributed by atoms with Crippen molar-refractivity contribution in [1.82, 2.24) is 0 Å². The molecule has 0 heterocycles. The van der Waals surface area contributed by atoms with Crippen LogP contribution in [0.3, 0.4) is 0 Å². The zero-order chi connectivity index (χ0) is 14.2. The van der Waals surface area contributed by atoms with Gasteiger partial charge in [0.1, 0.15) is 0 Å². The Labute approximate surface area is 116 Å². The average Bonchev–Trinajstić information content (AvgIpc) is 2.41. The van der Waals surface area contributed by atoms with E-state index in [1.807, 2.05) is 6.92 Å². The summed E-state index contributed by atoms with van der Waals surface area (Å²) in [6.45, 7) is 8.39. The summed E-state index contributed by atoms with van der Waals surface area (Å²) < 4.78 is 4.86. The first-order valence-corrected chi connectivity index (χ1v) is 7.33. The maximum Gasteiger partial charge on any atom is 0.308 e. The molecule has 1 N–H and O–H groups in total. The number of aliphatic hydroxyl groups excluding tert-OH is 1. The van der Waals surface area contributed by atoms with Crippen LogP contribution in [-0.4, -0.2) is 24.3 Å². The minimum Gasteiger partial charge on any atom is -0.469 e. The van der Waals surface area contributed by atoms with E-state index in [0.29, 0.717) is 11.8 Å². The van der Waals surface area contributed by atoms with Gasteiger partial charge in [-0.25, -0.2) is 0 Å². The van der Waals surface area contributed by atoms with Crippen LogP contribution in [0, 0.1) is 23.2 Å². The van der Waals surface area contributed by atoms with Gasteiger partial charge in [-0.3, -0.25) is 4.79 Å². The van der Waals surface area contributed by atoms with Gasteiger partial charge in [0.15, 0.2) is 0 Å². The second-order valence-electron chi connectivity index (χ2n) is 6.68. The highest BCUT2D eigenvalue weighted by Crippen LogP contribution is 2.54. The number of aliphatic hydroxyl groups is 1. The van der Waals surface area contributed by atoms with Crippen LogP contribution in [0.2, 0.25) is 0 Å². The van der Waals surface area contributed by atoms with Gasteiger partial charge in [0.05, 0.1) is 19.1 Å². The second-order valence-corrected chi connectivity index (χ2v) is 6.68. The van der Waals surface area contributed by atoms with Crippen LogP contribution in [0.25, 0.3) is 0 Å². The molecule has 2 aliphatic carbocycles. The molecule has 2 saturated carbocycles. The number of methoxy groups -OCH3 is 1. The second kappa shape index (κ2) is 5.28. The highest BCUT2D eigenvalue weighted by Gasteiger charge is 2.47. The molecule has 0 aliphatic heterocycles. The Bertz CT molecular complexity index is 376. The Balaban J connectivity index is 2.12. The molecule has 0 aromatic heterocycles. The topological polar surface area (TPSA) is 46.5 Å². The lowest BCUT2D eigenvalue weighted by Gasteiger charge is -2.50. The number of ether oxygens (including phenoxy) is 1. The fourth-order valence-corrected chi connectivity index (χ4v) is 4.01. The Hall–Kier alpha value is -0.830. The molecule has 2 fully saturated rings. The van der Waals surface area contributed by atoms with Crippen LogP contribution < -0.4 is 0 Å². The molecule has 108 valence electrons. The molecular formula is C16H26O3. The van der Waals surface area contributed by atoms with Crippen molar-refractivity contribution >= 4 is 5.97 Å². The maximum atomic E-state index is 11.7. The van der Waals surface area contributed by atoms with Crippen molar-refractivity contribution in [3.63, 3.8) is 0 Å². The molecule has 19 heavy (non-hydrogen) atoms. The van der Waals surface area contributed by atoms with Crippen molar-refractivity contribution in [1.29, 1.82) is 0 Å². The van der Waals surface area contributed by atoms with Gasteiger partial charge in [-0.15, -0.1) is 0 Å². The van der Waals surface area contributed by atoms with Gasteiger partial charge in [0.2, 0.25) is 0 Å². The molecule has 0 bridgehead atoms. The summed E-state index contributed by atoms with van der Waals surface area (Å²) >= 11 is 0. The van der Waals surface area contributed by atoms with Gasteiger partial charge < -0.3 is 9.84 Å². The number of hydrogen-bond acceptors (Lipinski definition) is 3. The van der Waals surface area contributed by atoms with Gasteiger partial charge in [0.25, 0.3) is 0 Å². The third-order valence-corrected chi connectivity index (χ3v) is 5.61. The van der Waals surface area contributed by atoms with Crippen LogP contribution >= 0.6 is 0 Å². The van der Waals surface area contributed by atoms with Crippen molar-refractivity contribution in [2.45, 2.75) is 52.1 Å². The minimum absolute atomic E-state index is 0.0542. The standard InChI is InChI=1S/C16H26O3/c1-10(15(18)19-4)12-5-7-16(3)8-6-14(17)11(2)13(16)9-12/h10,12-14,17H,2,5-9H2,1,3-4H3. The largest absolute Gasteiger partial charge is 0.469 e. The van der Waals surface area contributed by atoms with Gasteiger partial charge >= 0.3 is 5.97 Å². The SMILES string of the molecule is C=C1C(O)CCC2(C)CCC(C(C)C(=O)OC)CC12. The summed E-state index contributed by atoms with van der Waals surface area (Å²) in [6.07, 6.45) is 4.70. The Kier molecular flexibility index (Phi) is 4.05. The van der Waals surface area contributed by atoms with Crippen LogP contribution in [0.1, 0.15) is 46.0 Å². The van der Waals surface area contributed by atoms with Crippen molar-refractivity contribution in [2.24, 2.45) is 23.2 Å². The van der Waals surface area contributed by atoms with E-state index >= 15 is 0 Å².